The fraction of sp³-hybridized carbons (Fsp3) is 0. The van der Waals surface area contributed by atoms with Crippen molar-refractivity contribution in [2.75, 3.05) is 0 Å². The average molecular weight is 939 g/mol. The van der Waals surface area contributed by atoms with Gasteiger partial charge in [0.25, 0.3) is 0 Å². The summed E-state index contributed by atoms with van der Waals surface area (Å²) in [6, 6.07) is 92.2. The Bertz CT molecular complexity index is 4430. The minimum Gasteiger partial charge on any atom is -0.208 e. The second-order valence-electron chi connectivity index (χ2n) is 19.0. The molecule has 1 aliphatic rings. The SMILES string of the molecule is N#Cc1cc(-c2cccc(-c3ccc4c(c3)-c3cccc5cccc-4c35)c2)ccc1-c1ccccc1-c1ccc(-c2nc(-c3ccccc3)nc(-c3ccccc3-c3cc4ccccc4c4ccccc34)n2)cc1. The minimum absolute atomic E-state index is 0.581. The lowest BCUT2D eigenvalue weighted by atomic mass is 9.89. The van der Waals surface area contributed by atoms with E-state index in [2.05, 4.69) is 218 Å². The van der Waals surface area contributed by atoms with Crippen molar-refractivity contribution in [3.05, 3.63) is 260 Å². The molecule has 13 aromatic rings. The van der Waals surface area contributed by atoms with E-state index < -0.39 is 0 Å². The van der Waals surface area contributed by atoms with Gasteiger partial charge >= 0.3 is 0 Å². The largest absolute Gasteiger partial charge is 0.208 e. The molecule has 0 N–H and O–H groups in total. The lowest BCUT2D eigenvalue weighted by Gasteiger charge is -2.15. The van der Waals surface area contributed by atoms with Crippen molar-refractivity contribution < 1.29 is 0 Å². The Hall–Kier alpha value is -10.1. The fourth-order valence-corrected chi connectivity index (χ4v) is 11.2. The first kappa shape index (κ1) is 42.8. The third kappa shape index (κ3) is 7.26. The molecular weight excluding hydrogens is 897 g/mol. The van der Waals surface area contributed by atoms with Crippen LogP contribution in [0.3, 0.4) is 0 Å². The Morgan fingerprint density at radius 3 is 1.43 bits per heavy atom. The van der Waals surface area contributed by atoms with Crippen LogP contribution in [0.5, 0.6) is 0 Å². The fourth-order valence-electron chi connectivity index (χ4n) is 11.2. The van der Waals surface area contributed by atoms with Crippen molar-refractivity contribution >= 4 is 32.3 Å². The monoisotopic (exact) mass is 938 g/mol. The summed E-state index contributed by atoms with van der Waals surface area (Å²) in [7, 11) is 0. The molecule has 12 aromatic carbocycles. The van der Waals surface area contributed by atoms with E-state index in [1.165, 1.54) is 54.6 Å². The normalized spacial score (nSPS) is 11.5. The summed E-state index contributed by atoms with van der Waals surface area (Å²) in [5.74, 6) is 1.78. The standard InChI is InChI=1S/C70H42N4/c71-43-53-40-50(48-20-12-21-49(39-48)51-36-38-61-62-29-13-18-45-19-14-30-63(67(45)62)66(61)41-51)35-37-56(53)57-24-7-6-22-54(57)44-31-33-47(34-32-44)69-72-68(46-15-2-1-3-16-46)73-70(74-69)64-28-11-10-27-60(64)65-42-52-17-4-5-23-55(52)58-25-8-9-26-59(58)65/h1-42H. The lowest BCUT2D eigenvalue weighted by Crippen LogP contribution is -2.01. The van der Waals surface area contributed by atoms with Crippen molar-refractivity contribution in [2.24, 2.45) is 0 Å². The van der Waals surface area contributed by atoms with Crippen LogP contribution < -0.4 is 0 Å². The molecule has 1 aliphatic carbocycles. The molecule has 0 fully saturated rings. The molecule has 14 rings (SSSR count). The van der Waals surface area contributed by atoms with Crippen LogP contribution in [0.1, 0.15) is 5.56 Å². The second kappa shape index (κ2) is 17.6. The van der Waals surface area contributed by atoms with Crippen LogP contribution in [0.4, 0.5) is 0 Å². The summed E-state index contributed by atoms with van der Waals surface area (Å²) < 4.78 is 0. The summed E-state index contributed by atoms with van der Waals surface area (Å²) in [6.07, 6.45) is 0. The van der Waals surface area contributed by atoms with Gasteiger partial charge in [0.15, 0.2) is 17.5 Å². The molecule has 0 aliphatic heterocycles. The number of hydrogen-bond donors (Lipinski definition) is 0. The summed E-state index contributed by atoms with van der Waals surface area (Å²) in [6.45, 7) is 0. The average Bonchev–Trinajstić information content (AvgIpc) is 3.81. The molecule has 0 bridgehead atoms. The summed E-state index contributed by atoms with van der Waals surface area (Å²) in [5, 5.41) is 18.1. The number of aromatic nitrogens is 3. The maximum Gasteiger partial charge on any atom is 0.164 e. The zero-order chi connectivity index (χ0) is 49.1. The van der Waals surface area contributed by atoms with E-state index >= 15 is 0 Å². The Morgan fingerprint density at radius 2 is 0.703 bits per heavy atom. The Morgan fingerprint density at radius 1 is 0.243 bits per heavy atom. The molecule has 0 spiro atoms. The summed E-state index contributed by atoms with van der Waals surface area (Å²) in [5.41, 5.74) is 18.9. The van der Waals surface area contributed by atoms with Gasteiger partial charge in [0, 0.05) is 22.3 Å². The van der Waals surface area contributed by atoms with E-state index in [1.54, 1.807) is 0 Å². The third-order valence-corrected chi connectivity index (χ3v) is 14.7. The van der Waals surface area contributed by atoms with Gasteiger partial charge in [-0.25, -0.2) is 15.0 Å². The van der Waals surface area contributed by atoms with Crippen LogP contribution in [0.25, 0.3) is 144 Å². The van der Waals surface area contributed by atoms with Crippen molar-refractivity contribution in [3.63, 3.8) is 0 Å². The van der Waals surface area contributed by atoms with Crippen molar-refractivity contribution in [3.8, 4) is 118 Å². The smallest absolute Gasteiger partial charge is 0.164 e. The molecular formula is C70H42N4. The molecule has 342 valence electrons. The first-order valence-electron chi connectivity index (χ1n) is 25.0. The van der Waals surface area contributed by atoms with Gasteiger partial charge in [-0.3, -0.25) is 0 Å². The number of fused-ring (bicyclic) bond motifs is 6. The van der Waals surface area contributed by atoms with Gasteiger partial charge in [-0.1, -0.05) is 231 Å². The van der Waals surface area contributed by atoms with Crippen LogP contribution in [0.2, 0.25) is 0 Å². The predicted molar refractivity (Wildman–Crippen MR) is 305 cm³/mol. The van der Waals surface area contributed by atoms with Crippen LogP contribution in [-0.2, 0) is 0 Å². The Labute approximate surface area is 428 Å². The maximum absolute atomic E-state index is 10.7. The van der Waals surface area contributed by atoms with Gasteiger partial charge < -0.3 is 0 Å². The number of nitriles is 1. The van der Waals surface area contributed by atoms with Crippen LogP contribution in [-0.4, -0.2) is 15.0 Å². The number of benzene rings is 12. The maximum atomic E-state index is 10.7. The molecule has 1 heterocycles. The van der Waals surface area contributed by atoms with Crippen molar-refractivity contribution in [2.45, 2.75) is 0 Å². The molecule has 0 saturated heterocycles. The van der Waals surface area contributed by atoms with E-state index in [4.69, 9.17) is 15.0 Å². The highest BCUT2D eigenvalue weighted by molar-refractivity contribution is 6.16. The van der Waals surface area contributed by atoms with E-state index in [9.17, 15) is 5.26 Å². The van der Waals surface area contributed by atoms with Gasteiger partial charge in [-0.05, 0) is 129 Å². The second-order valence-corrected chi connectivity index (χ2v) is 19.0. The molecule has 4 heteroatoms. The molecule has 1 aromatic heterocycles. The quantitative estimate of drug-likeness (QED) is 0.142. The van der Waals surface area contributed by atoms with E-state index in [0.717, 1.165) is 72.3 Å². The third-order valence-electron chi connectivity index (χ3n) is 14.7. The van der Waals surface area contributed by atoms with Gasteiger partial charge in [0.2, 0.25) is 0 Å². The van der Waals surface area contributed by atoms with Gasteiger partial charge in [0.1, 0.15) is 0 Å². The summed E-state index contributed by atoms with van der Waals surface area (Å²) >= 11 is 0. The van der Waals surface area contributed by atoms with E-state index in [1.807, 2.05) is 42.5 Å². The number of hydrogen-bond acceptors (Lipinski definition) is 4. The highest BCUT2D eigenvalue weighted by atomic mass is 15.0. The molecule has 0 unspecified atom stereocenters. The van der Waals surface area contributed by atoms with Crippen molar-refractivity contribution in [1.82, 2.24) is 15.0 Å². The lowest BCUT2D eigenvalue weighted by molar-refractivity contribution is 1.07. The van der Waals surface area contributed by atoms with E-state index in [0.29, 0.717) is 23.0 Å². The molecule has 0 saturated carbocycles. The molecule has 0 atom stereocenters. The van der Waals surface area contributed by atoms with Gasteiger partial charge in [0.05, 0.1) is 11.6 Å². The van der Waals surface area contributed by atoms with Crippen LogP contribution in [0.15, 0.2) is 255 Å². The van der Waals surface area contributed by atoms with Crippen molar-refractivity contribution in [1.29, 1.82) is 5.26 Å². The highest BCUT2D eigenvalue weighted by Crippen LogP contribution is 2.49. The van der Waals surface area contributed by atoms with Gasteiger partial charge in [-0.15, -0.1) is 0 Å². The zero-order valence-corrected chi connectivity index (χ0v) is 40.0. The summed E-state index contributed by atoms with van der Waals surface area (Å²) in [4.78, 5) is 15.5. The highest BCUT2D eigenvalue weighted by Gasteiger charge is 2.23. The first-order chi connectivity index (χ1) is 36.6. The first-order valence-corrected chi connectivity index (χ1v) is 25.0. The zero-order valence-electron chi connectivity index (χ0n) is 40.0. The van der Waals surface area contributed by atoms with Crippen LogP contribution >= 0.6 is 0 Å². The Kier molecular flexibility index (Phi) is 10.2. The number of nitrogens with zero attached hydrogens (tertiary/aromatic N) is 4. The topological polar surface area (TPSA) is 62.5 Å². The van der Waals surface area contributed by atoms with Crippen LogP contribution in [0, 0.1) is 11.3 Å². The molecule has 4 nitrogen and oxygen atoms in total. The molecule has 0 radical (unpaired) electrons. The van der Waals surface area contributed by atoms with E-state index in [-0.39, 0.29) is 0 Å². The predicted octanol–water partition coefficient (Wildman–Crippen LogP) is 18.2. The molecule has 0 amide bonds. The molecule has 74 heavy (non-hydrogen) atoms. The Balaban J connectivity index is 0.802. The number of rotatable bonds is 8. The minimum atomic E-state index is 0.581. The van der Waals surface area contributed by atoms with Gasteiger partial charge in [-0.2, -0.15) is 5.26 Å².